The lowest BCUT2D eigenvalue weighted by atomic mass is 9.86. The lowest BCUT2D eigenvalue weighted by molar-refractivity contribution is 0.0673. The maximum absolute atomic E-state index is 11.8. The largest absolute Gasteiger partial charge is 0.445 e. The monoisotopic (exact) mass is 319 g/mol. The summed E-state index contributed by atoms with van der Waals surface area (Å²) in [7, 11) is 0. The summed E-state index contributed by atoms with van der Waals surface area (Å²) in [4.78, 5) is 11.8. The summed E-state index contributed by atoms with van der Waals surface area (Å²) in [6, 6.07) is 8.15. The number of benzene rings is 1. The van der Waals surface area contributed by atoms with Crippen LogP contribution < -0.4 is 5.32 Å². The van der Waals surface area contributed by atoms with Gasteiger partial charge in [0.15, 0.2) is 0 Å². The van der Waals surface area contributed by atoms with Crippen molar-refractivity contribution in [1.82, 2.24) is 5.32 Å². The Hall–Kier alpha value is -1.55. The smallest absolute Gasteiger partial charge is 0.407 e. The van der Waals surface area contributed by atoms with E-state index in [4.69, 9.17) is 4.74 Å². The van der Waals surface area contributed by atoms with Crippen molar-refractivity contribution in [2.75, 3.05) is 6.54 Å². The molecule has 2 atom stereocenters. The molecule has 0 heterocycles. The van der Waals surface area contributed by atoms with E-state index in [0.717, 1.165) is 31.2 Å². The van der Waals surface area contributed by atoms with Crippen molar-refractivity contribution in [2.45, 2.75) is 64.6 Å². The quantitative estimate of drug-likeness (QED) is 0.888. The molecule has 23 heavy (non-hydrogen) atoms. The number of aliphatic hydroxyl groups is 1. The molecule has 4 nitrogen and oxygen atoms in total. The number of amides is 1. The highest BCUT2D eigenvalue weighted by atomic mass is 16.5. The Morgan fingerprint density at radius 2 is 1.87 bits per heavy atom. The van der Waals surface area contributed by atoms with Crippen LogP contribution >= 0.6 is 0 Å². The lowest BCUT2D eigenvalue weighted by Gasteiger charge is -2.27. The van der Waals surface area contributed by atoms with Gasteiger partial charge in [-0.05, 0) is 29.4 Å². The fraction of sp³-hybridized carbons (Fsp3) is 0.632. The molecule has 0 spiro atoms. The summed E-state index contributed by atoms with van der Waals surface area (Å²) in [6.07, 6.45) is 3.29. The molecule has 0 saturated heterocycles. The summed E-state index contributed by atoms with van der Waals surface area (Å²) in [5, 5.41) is 12.7. The number of carbonyl (C=O) groups excluding carboxylic acids is 1. The van der Waals surface area contributed by atoms with Gasteiger partial charge in [0.1, 0.15) is 6.61 Å². The van der Waals surface area contributed by atoms with Gasteiger partial charge in [0.2, 0.25) is 0 Å². The Kier molecular flexibility index (Phi) is 6.05. The highest BCUT2D eigenvalue weighted by Gasteiger charge is 2.23. The lowest BCUT2D eigenvalue weighted by Crippen LogP contribution is -2.36. The van der Waals surface area contributed by atoms with Crippen LogP contribution in [0.3, 0.4) is 0 Å². The average Bonchev–Trinajstić information content (AvgIpc) is 2.51. The van der Waals surface area contributed by atoms with E-state index >= 15 is 0 Å². The molecule has 1 amide bonds. The van der Waals surface area contributed by atoms with Gasteiger partial charge in [0, 0.05) is 12.5 Å². The van der Waals surface area contributed by atoms with Crippen molar-refractivity contribution < 1.29 is 14.6 Å². The summed E-state index contributed by atoms with van der Waals surface area (Å²) < 4.78 is 5.25. The minimum Gasteiger partial charge on any atom is -0.445 e. The fourth-order valence-electron chi connectivity index (χ4n) is 2.94. The molecule has 2 rings (SSSR count). The molecule has 4 heteroatoms. The third-order valence-corrected chi connectivity index (χ3v) is 4.57. The number of nitrogens with one attached hydrogen (secondary N) is 1. The molecule has 128 valence electrons. The SMILES string of the molecule is CC(C)(C)c1ccc(COC(=O)NCC2CCCCC2O)cc1. The number of ether oxygens (including phenoxy) is 1. The van der Waals surface area contributed by atoms with Gasteiger partial charge in [0.05, 0.1) is 6.10 Å². The highest BCUT2D eigenvalue weighted by Crippen LogP contribution is 2.24. The predicted octanol–water partition coefficient (Wildman–Crippen LogP) is 3.76. The number of alkyl carbamates (subject to hydrolysis) is 1. The van der Waals surface area contributed by atoms with Crippen LogP contribution in [0.2, 0.25) is 0 Å². The van der Waals surface area contributed by atoms with Gasteiger partial charge in [0.25, 0.3) is 0 Å². The molecular formula is C19H29NO3. The molecule has 0 aliphatic heterocycles. The van der Waals surface area contributed by atoms with Crippen molar-refractivity contribution in [1.29, 1.82) is 0 Å². The summed E-state index contributed by atoms with van der Waals surface area (Å²) in [5.74, 6) is 0.155. The Morgan fingerprint density at radius 3 is 2.48 bits per heavy atom. The van der Waals surface area contributed by atoms with Crippen LogP contribution in [0.5, 0.6) is 0 Å². The second-order valence-corrected chi connectivity index (χ2v) is 7.52. The van der Waals surface area contributed by atoms with Gasteiger partial charge in [-0.3, -0.25) is 0 Å². The Morgan fingerprint density at radius 1 is 1.22 bits per heavy atom. The molecule has 2 unspecified atom stereocenters. The van der Waals surface area contributed by atoms with Crippen LogP contribution in [0.4, 0.5) is 4.79 Å². The van der Waals surface area contributed by atoms with E-state index in [1.807, 2.05) is 12.1 Å². The third-order valence-electron chi connectivity index (χ3n) is 4.57. The first-order valence-electron chi connectivity index (χ1n) is 8.54. The zero-order valence-electron chi connectivity index (χ0n) is 14.5. The fourth-order valence-corrected chi connectivity index (χ4v) is 2.94. The van der Waals surface area contributed by atoms with Crippen molar-refractivity contribution in [2.24, 2.45) is 5.92 Å². The van der Waals surface area contributed by atoms with E-state index in [1.54, 1.807) is 0 Å². The average molecular weight is 319 g/mol. The first-order chi connectivity index (χ1) is 10.9. The third kappa shape index (κ3) is 5.54. The minimum absolute atomic E-state index is 0.123. The van der Waals surface area contributed by atoms with Crippen molar-refractivity contribution in [3.8, 4) is 0 Å². The standard InChI is InChI=1S/C19H29NO3/c1-19(2,3)16-10-8-14(9-11-16)13-23-18(22)20-12-15-6-4-5-7-17(15)21/h8-11,15,17,21H,4-7,12-13H2,1-3H3,(H,20,22). The highest BCUT2D eigenvalue weighted by molar-refractivity contribution is 5.67. The van der Waals surface area contributed by atoms with Gasteiger partial charge in [-0.2, -0.15) is 0 Å². The zero-order chi connectivity index (χ0) is 16.9. The topological polar surface area (TPSA) is 58.6 Å². The number of hydrogen-bond acceptors (Lipinski definition) is 3. The second kappa shape index (κ2) is 7.82. The van der Waals surface area contributed by atoms with E-state index < -0.39 is 6.09 Å². The number of rotatable bonds is 4. The first kappa shape index (κ1) is 17.8. The normalized spacial score (nSPS) is 21.7. The van der Waals surface area contributed by atoms with E-state index in [0.29, 0.717) is 6.54 Å². The second-order valence-electron chi connectivity index (χ2n) is 7.52. The van der Waals surface area contributed by atoms with Crippen molar-refractivity contribution >= 4 is 6.09 Å². The van der Waals surface area contributed by atoms with Crippen molar-refractivity contribution in [3.63, 3.8) is 0 Å². The van der Waals surface area contributed by atoms with E-state index in [-0.39, 0.29) is 24.0 Å². The van der Waals surface area contributed by atoms with E-state index in [1.165, 1.54) is 5.56 Å². The van der Waals surface area contributed by atoms with Gasteiger partial charge in [-0.15, -0.1) is 0 Å². The summed E-state index contributed by atoms with van der Waals surface area (Å²) in [6.45, 7) is 7.27. The Labute approximate surface area is 139 Å². The zero-order valence-corrected chi connectivity index (χ0v) is 14.5. The van der Waals surface area contributed by atoms with Crippen LogP contribution in [0.15, 0.2) is 24.3 Å². The van der Waals surface area contributed by atoms with Crippen LogP contribution in [0.1, 0.15) is 57.6 Å². The van der Waals surface area contributed by atoms with Gasteiger partial charge >= 0.3 is 6.09 Å². The van der Waals surface area contributed by atoms with Gasteiger partial charge < -0.3 is 15.2 Å². The maximum atomic E-state index is 11.8. The summed E-state index contributed by atoms with van der Waals surface area (Å²) >= 11 is 0. The number of aliphatic hydroxyl groups excluding tert-OH is 1. The van der Waals surface area contributed by atoms with Gasteiger partial charge in [-0.25, -0.2) is 4.79 Å². The number of hydrogen-bond donors (Lipinski definition) is 2. The van der Waals surface area contributed by atoms with E-state index in [2.05, 4.69) is 38.2 Å². The molecule has 2 N–H and O–H groups in total. The van der Waals surface area contributed by atoms with Gasteiger partial charge in [-0.1, -0.05) is 57.9 Å². The molecule has 0 bridgehead atoms. The van der Waals surface area contributed by atoms with Crippen LogP contribution in [-0.4, -0.2) is 23.8 Å². The van der Waals surface area contributed by atoms with Crippen LogP contribution in [0.25, 0.3) is 0 Å². The molecule has 1 aliphatic rings. The van der Waals surface area contributed by atoms with Crippen molar-refractivity contribution in [3.05, 3.63) is 35.4 Å². The molecule has 1 aliphatic carbocycles. The molecule has 1 saturated carbocycles. The molecule has 1 aromatic rings. The van der Waals surface area contributed by atoms with Crippen LogP contribution in [-0.2, 0) is 16.8 Å². The molecule has 0 aromatic heterocycles. The molecule has 0 radical (unpaired) electrons. The molecule has 1 aromatic carbocycles. The summed E-state index contributed by atoms with van der Waals surface area (Å²) in [5.41, 5.74) is 2.36. The Bertz CT molecular complexity index is 504. The minimum atomic E-state index is -0.414. The predicted molar refractivity (Wildman–Crippen MR) is 91.3 cm³/mol. The number of carbonyl (C=O) groups is 1. The Balaban J connectivity index is 1.73. The van der Waals surface area contributed by atoms with E-state index in [9.17, 15) is 9.90 Å². The maximum Gasteiger partial charge on any atom is 0.407 e. The molecule has 1 fully saturated rings. The molecular weight excluding hydrogens is 290 g/mol. The van der Waals surface area contributed by atoms with Crippen LogP contribution in [0, 0.1) is 5.92 Å². The first-order valence-corrected chi connectivity index (χ1v) is 8.54.